The van der Waals surface area contributed by atoms with Crippen LogP contribution in [0.15, 0.2) is 29.2 Å². The van der Waals surface area contributed by atoms with Crippen LogP contribution >= 0.6 is 0 Å². The van der Waals surface area contributed by atoms with E-state index in [1.165, 1.54) is 31.4 Å². The van der Waals surface area contributed by atoms with Gasteiger partial charge in [0.25, 0.3) is 5.91 Å². The average Bonchev–Trinajstić information content (AvgIpc) is 3.01. The van der Waals surface area contributed by atoms with Crippen LogP contribution in [0.5, 0.6) is 0 Å². The molecule has 2 aromatic rings. The number of amides is 1. The molecule has 0 saturated carbocycles. The topological polar surface area (TPSA) is 132 Å². The van der Waals surface area contributed by atoms with Crippen LogP contribution in [-0.2, 0) is 30.5 Å². The first-order valence-electron chi connectivity index (χ1n) is 8.65. The van der Waals surface area contributed by atoms with Gasteiger partial charge in [0.2, 0.25) is 0 Å². The van der Waals surface area contributed by atoms with E-state index in [0.29, 0.717) is 23.4 Å². The zero-order chi connectivity index (χ0) is 21.8. The van der Waals surface area contributed by atoms with Gasteiger partial charge in [0.1, 0.15) is 5.69 Å². The summed E-state index contributed by atoms with van der Waals surface area (Å²) < 4.78 is 32.6. The summed E-state index contributed by atoms with van der Waals surface area (Å²) in [5, 5.41) is 2.50. The maximum Gasteiger partial charge on any atom is 0.355 e. The van der Waals surface area contributed by atoms with Crippen LogP contribution in [0.1, 0.15) is 39.0 Å². The molecule has 1 heterocycles. The van der Waals surface area contributed by atoms with Gasteiger partial charge in [-0.15, -0.1) is 0 Å². The zero-order valence-electron chi connectivity index (χ0n) is 16.5. The van der Waals surface area contributed by atoms with Crippen LogP contribution in [0, 0.1) is 6.92 Å². The van der Waals surface area contributed by atoms with Crippen LogP contribution < -0.4 is 5.32 Å². The minimum atomic E-state index is -3.33. The van der Waals surface area contributed by atoms with Crippen molar-refractivity contribution in [3.05, 3.63) is 46.8 Å². The van der Waals surface area contributed by atoms with Crippen molar-refractivity contribution in [2.24, 2.45) is 0 Å². The first-order chi connectivity index (χ1) is 13.6. The Labute approximate surface area is 168 Å². The molecule has 1 aromatic heterocycles. The summed E-state index contributed by atoms with van der Waals surface area (Å²) in [6.07, 6.45) is 1.56. The number of nitrogens with one attached hydrogen (secondary N) is 2. The number of carbonyl (C=O) groups excluding carboxylic acids is 3. The lowest BCUT2D eigenvalue weighted by Crippen LogP contribution is -2.21. The predicted octanol–water partition coefficient (Wildman–Crippen LogP) is 1.87. The van der Waals surface area contributed by atoms with Gasteiger partial charge in [0.15, 0.2) is 16.4 Å². The highest BCUT2D eigenvalue weighted by atomic mass is 32.2. The summed E-state index contributed by atoms with van der Waals surface area (Å²) in [5.74, 6) is -1.95. The molecule has 0 bridgehead atoms. The number of hydrogen-bond donors (Lipinski definition) is 2. The molecule has 0 aliphatic heterocycles. The summed E-state index contributed by atoms with van der Waals surface area (Å²) in [7, 11) is -2.09. The third kappa shape index (κ3) is 5.23. The number of esters is 2. The Morgan fingerprint density at radius 2 is 1.72 bits per heavy atom. The molecule has 9 nitrogen and oxygen atoms in total. The monoisotopic (exact) mass is 422 g/mol. The van der Waals surface area contributed by atoms with Crippen molar-refractivity contribution in [1.82, 2.24) is 4.98 Å². The molecule has 0 atom stereocenters. The van der Waals surface area contributed by atoms with Gasteiger partial charge in [-0.2, -0.15) is 0 Å². The maximum absolute atomic E-state index is 12.3. The third-order valence-corrected chi connectivity index (χ3v) is 5.30. The molecule has 2 N–H and O–H groups in total. The zero-order valence-corrected chi connectivity index (χ0v) is 17.3. The van der Waals surface area contributed by atoms with Crippen LogP contribution in [0.3, 0.4) is 0 Å². The number of hydrogen-bond acceptors (Lipinski definition) is 7. The number of aromatic amines is 1. The molecule has 10 heteroatoms. The summed E-state index contributed by atoms with van der Waals surface area (Å²) in [6.45, 7) is 2.84. The van der Waals surface area contributed by atoms with E-state index in [4.69, 9.17) is 9.47 Å². The maximum atomic E-state index is 12.3. The van der Waals surface area contributed by atoms with Gasteiger partial charge in [-0.3, -0.25) is 4.79 Å². The molecule has 1 amide bonds. The quantitative estimate of drug-likeness (QED) is 0.651. The number of H-pyrrole nitrogens is 1. The van der Waals surface area contributed by atoms with Crippen molar-refractivity contribution in [3.8, 4) is 0 Å². The van der Waals surface area contributed by atoms with E-state index in [0.717, 1.165) is 6.26 Å². The summed E-state index contributed by atoms with van der Waals surface area (Å²) in [4.78, 5) is 39.2. The van der Waals surface area contributed by atoms with Gasteiger partial charge in [0, 0.05) is 17.6 Å². The molecule has 1 aromatic carbocycles. The van der Waals surface area contributed by atoms with Gasteiger partial charge in [-0.05, 0) is 43.2 Å². The Balaban J connectivity index is 2.03. The first-order valence-corrected chi connectivity index (χ1v) is 10.5. The number of methoxy groups -OCH3 is 1. The summed E-state index contributed by atoms with van der Waals surface area (Å²) in [5.41, 5.74) is 1.63. The largest absolute Gasteiger partial charge is 0.465 e. The normalized spacial score (nSPS) is 11.0. The number of aromatic nitrogens is 1. The fourth-order valence-electron chi connectivity index (χ4n) is 2.69. The minimum Gasteiger partial charge on any atom is -0.465 e. The van der Waals surface area contributed by atoms with Crippen molar-refractivity contribution in [2.45, 2.75) is 25.2 Å². The van der Waals surface area contributed by atoms with E-state index < -0.39 is 34.3 Å². The molecule has 2 rings (SSSR count). The standard InChI is InChI=1S/C19H22N2O7S/c1-5-14-16(18(23)27-3)11(2)17(21-14)19(24)28-10-15(22)20-12-6-8-13(9-7-12)29(4,25)26/h6-9,21H,5,10H2,1-4H3,(H,20,22). The highest BCUT2D eigenvalue weighted by Gasteiger charge is 2.24. The second kappa shape index (κ2) is 8.91. The van der Waals surface area contributed by atoms with E-state index in [2.05, 4.69) is 10.3 Å². The first kappa shape index (κ1) is 22.2. The lowest BCUT2D eigenvalue weighted by molar-refractivity contribution is -0.119. The number of rotatable bonds is 7. The van der Waals surface area contributed by atoms with Crippen molar-refractivity contribution < 1.29 is 32.3 Å². The number of aryl methyl sites for hydroxylation is 1. The molecular formula is C19H22N2O7S. The fourth-order valence-corrected chi connectivity index (χ4v) is 3.32. The minimum absolute atomic E-state index is 0.0764. The molecule has 0 aliphatic carbocycles. The Morgan fingerprint density at radius 3 is 2.24 bits per heavy atom. The number of sulfone groups is 1. The molecule has 29 heavy (non-hydrogen) atoms. The number of benzene rings is 1. The Morgan fingerprint density at radius 1 is 1.10 bits per heavy atom. The van der Waals surface area contributed by atoms with Crippen LogP contribution in [0.25, 0.3) is 0 Å². The van der Waals surface area contributed by atoms with E-state index in [1.54, 1.807) is 6.92 Å². The van der Waals surface area contributed by atoms with E-state index in [-0.39, 0.29) is 16.2 Å². The van der Waals surface area contributed by atoms with Crippen LogP contribution in [0.2, 0.25) is 0 Å². The molecule has 0 aliphatic rings. The summed E-state index contributed by atoms with van der Waals surface area (Å²) >= 11 is 0. The average molecular weight is 422 g/mol. The highest BCUT2D eigenvalue weighted by molar-refractivity contribution is 7.90. The van der Waals surface area contributed by atoms with E-state index in [9.17, 15) is 22.8 Å². The molecular weight excluding hydrogens is 400 g/mol. The van der Waals surface area contributed by atoms with Crippen LogP contribution in [0.4, 0.5) is 5.69 Å². The highest BCUT2D eigenvalue weighted by Crippen LogP contribution is 2.21. The van der Waals surface area contributed by atoms with Crippen molar-refractivity contribution >= 4 is 33.4 Å². The van der Waals surface area contributed by atoms with Gasteiger partial charge in [-0.1, -0.05) is 6.92 Å². The molecule has 0 unspecified atom stereocenters. The second-order valence-electron chi connectivity index (χ2n) is 6.24. The number of carbonyl (C=O) groups is 3. The van der Waals surface area contributed by atoms with Gasteiger partial charge >= 0.3 is 11.9 Å². The van der Waals surface area contributed by atoms with Gasteiger partial charge in [0.05, 0.1) is 17.6 Å². The lowest BCUT2D eigenvalue weighted by Gasteiger charge is -2.07. The molecule has 0 saturated heterocycles. The Kier molecular flexibility index (Phi) is 6.80. The molecule has 0 radical (unpaired) electrons. The SMILES string of the molecule is CCc1[nH]c(C(=O)OCC(=O)Nc2ccc(S(C)(=O)=O)cc2)c(C)c1C(=O)OC. The van der Waals surface area contributed by atoms with Gasteiger partial charge < -0.3 is 19.8 Å². The fraction of sp³-hybridized carbons (Fsp3) is 0.316. The van der Waals surface area contributed by atoms with Crippen LogP contribution in [-0.4, -0.2) is 51.2 Å². The Bertz CT molecular complexity index is 1040. The lowest BCUT2D eigenvalue weighted by atomic mass is 10.1. The van der Waals surface area contributed by atoms with E-state index >= 15 is 0 Å². The summed E-state index contributed by atoms with van der Waals surface area (Å²) in [6, 6.07) is 5.59. The molecule has 0 spiro atoms. The number of ether oxygens (including phenoxy) is 2. The van der Waals surface area contributed by atoms with Crippen molar-refractivity contribution in [2.75, 3.05) is 25.3 Å². The van der Waals surface area contributed by atoms with Crippen molar-refractivity contribution in [3.63, 3.8) is 0 Å². The van der Waals surface area contributed by atoms with Gasteiger partial charge in [-0.25, -0.2) is 18.0 Å². The third-order valence-electron chi connectivity index (χ3n) is 4.18. The van der Waals surface area contributed by atoms with E-state index in [1.807, 2.05) is 6.92 Å². The number of anilines is 1. The Hall–Kier alpha value is -3.14. The molecule has 0 fully saturated rings. The molecule has 156 valence electrons. The smallest absolute Gasteiger partial charge is 0.355 e. The predicted molar refractivity (Wildman–Crippen MR) is 105 cm³/mol. The van der Waals surface area contributed by atoms with Crippen molar-refractivity contribution in [1.29, 1.82) is 0 Å². The second-order valence-corrected chi connectivity index (χ2v) is 8.26.